The molecule has 0 aliphatic heterocycles. The molecule has 1 N–H and O–H groups in total. The average Bonchev–Trinajstić information content (AvgIpc) is 2.23. The Labute approximate surface area is 104 Å². The minimum Gasteiger partial charge on any atom is -0.480 e. The van der Waals surface area contributed by atoms with Crippen molar-refractivity contribution in [2.24, 2.45) is 0 Å². The van der Waals surface area contributed by atoms with E-state index in [1.807, 2.05) is 0 Å². The number of hydrogen-bond acceptors (Lipinski definition) is 2. The van der Waals surface area contributed by atoms with E-state index in [4.69, 9.17) is 16.7 Å². The predicted molar refractivity (Wildman–Crippen MR) is 64.5 cm³/mol. The van der Waals surface area contributed by atoms with Crippen LogP contribution in [-0.2, 0) is 11.3 Å². The van der Waals surface area contributed by atoms with Gasteiger partial charge in [0.25, 0.3) is 0 Å². The summed E-state index contributed by atoms with van der Waals surface area (Å²) in [6.07, 6.45) is 1.59. The van der Waals surface area contributed by atoms with E-state index in [0.717, 1.165) is 0 Å². The summed E-state index contributed by atoms with van der Waals surface area (Å²) < 4.78 is 13.0. The molecule has 0 saturated heterocycles. The summed E-state index contributed by atoms with van der Waals surface area (Å²) in [4.78, 5) is 12.3. The minimum atomic E-state index is -0.945. The maximum absolute atomic E-state index is 13.0. The number of nitrogens with zero attached hydrogens (tertiary/aromatic N) is 1. The van der Waals surface area contributed by atoms with Gasteiger partial charge in [0.15, 0.2) is 0 Å². The van der Waals surface area contributed by atoms with Gasteiger partial charge in [-0.25, -0.2) is 4.39 Å². The highest BCUT2D eigenvalue weighted by atomic mass is 35.5. The molecule has 0 unspecified atom stereocenters. The zero-order chi connectivity index (χ0) is 12.8. The Hall–Kier alpha value is -1.39. The Bertz CT molecular complexity index is 423. The smallest absolute Gasteiger partial charge is 0.317 e. The molecule has 0 radical (unpaired) electrons. The molecule has 17 heavy (non-hydrogen) atoms. The SMILES string of the molecule is C=CCN(CC(=O)O)Cc1cc(F)ccc1Cl. The fourth-order valence-corrected chi connectivity index (χ4v) is 1.64. The Morgan fingerprint density at radius 1 is 1.59 bits per heavy atom. The van der Waals surface area contributed by atoms with Gasteiger partial charge in [-0.3, -0.25) is 9.69 Å². The van der Waals surface area contributed by atoms with Gasteiger partial charge < -0.3 is 5.11 Å². The van der Waals surface area contributed by atoms with Gasteiger partial charge in [0.2, 0.25) is 0 Å². The summed E-state index contributed by atoms with van der Waals surface area (Å²) in [5.41, 5.74) is 0.565. The fraction of sp³-hybridized carbons (Fsp3) is 0.250. The summed E-state index contributed by atoms with van der Waals surface area (Å²) in [5, 5.41) is 9.15. The molecule has 1 aromatic carbocycles. The van der Waals surface area contributed by atoms with Crippen molar-refractivity contribution in [3.8, 4) is 0 Å². The summed E-state index contributed by atoms with van der Waals surface area (Å²) in [6.45, 7) is 4.08. The van der Waals surface area contributed by atoms with Gasteiger partial charge in [0, 0.05) is 18.1 Å². The molecule has 92 valence electrons. The van der Waals surface area contributed by atoms with Crippen molar-refractivity contribution < 1.29 is 14.3 Å². The fourth-order valence-electron chi connectivity index (χ4n) is 1.46. The Balaban J connectivity index is 2.80. The van der Waals surface area contributed by atoms with E-state index in [2.05, 4.69) is 6.58 Å². The van der Waals surface area contributed by atoms with Gasteiger partial charge in [-0.15, -0.1) is 6.58 Å². The van der Waals surface area contributed by atoms with Crippen molar-refractivity contribution >= 4 is 17.6 Å². The van der Waals surface area contributed by atoms with Crippen LogP contribution in [0, 0.1) is 5.82 Å². The largest absolute Gasteiger partial charge is 0.480 e. The third-order valence-electron chi connectivity index (χ3n) is 2.15. The second kappa shape index (κ2) is 6.37. The van der Waals surface area contributed by atoms with Crippen molar-refractivity contribution in [3.63, 3.8) is 0 Å². The van der Waals surface area contributed by atoms with Crippen LogP contribution in [0.1, 0.15) is 5.56 Å². The van der Waals surface area contributed by atoms with E-state index in [-0.39, 0.29) is 13.1 Å². The van der Waals surface area contributed by atoms with Gasteiger partial charge in [-0.1, -0.05) is 17.7 Å². The van der Waals surface area contributed by atoms with Gasteiger partial charge in [-0.2, -0.15) is 0 Å². The van der Waals surface area contributed by atoms with Crippen molar-refractivity contribution in [3.05, 3.63) is 47.3 Å². The highest BCUT2D eigenvalue weighted by molar-refractivity contribution is 6.31. The van der Waals surface area contributed by atoms with E-state index in [1.54, 1.807) is 11.0 Å². The first-order chi connectivity index (χ1) is 8.02. The molecule has 0 atom stereocenters. The highest BCUT2D eigenvalue weighted by Crippen LogP contribution is 2.18. The standard InChI is InChI=1S/C12H13ClFNO2/c1-2-5-15(8-12(16)17)7-9-6-10(14)3-4-11(9)13/h2-4,6H,1,5,7-8H2,(H,16,17). The first-order valence-electron chi connectivity index (χ1n) is 5.02. The molecule has 0 fully saturated rings. The van der Waals surface area contributed by atoms with Crippen LogP contribution in [0.5, 0.6) is 0 Å². The molecule has 0 aromatic heterocycles. The number of halogens is 2. The first-order valence-corrected chi connectivity index (χ1v) is 5.39. The summed E-state index contributed by atoms with van der Waals surface area (Å²) >= 11 is 5.91. The van der Waals surface area contributed by atoms with Crippen LogP contribution in [0.3, 0.4) is 0 Å². The predicted octanol–water partition coefficient (Wildman–Crippen LogP) is 2.55. The lowest BCUT2D eigenvalue weighted by molar-refractivity contribution is -0.138. The maximum Gasteiger partial charge on any atom is 0.317 e. The number of carboxylic acid groups (broad SMARTS) is 1. The topological polar surface area (TPSA) is 40.5 Å². The van der Waals surface area contributed by atoms with Crippen molar-refractivity contribution in [2.75, 3.05) is 13.1 Å². The summed E-state index contributed by atoms with van der Waals surface area (Å²) in [6, 6.07) is 4.03. The van der Waals surface area contributed by atoms with E-state index >= 15 is 0 Å². The lowest BCUT2D eigenvalue weighted by Gasteiger charge is -2.19. The number of rotatable bonds is 6. The molecule has 0 amide bonds. The van der Waals surface area contributed by atoms with Gasteiger partial charge >= 0.3 is 5.97 Å². The zero-order valence-corrected chi connectivity index (χ0v) is 9.95. The van der Waals surface area contributed by atoms with Crippen LogP contribution in [0.15, 0.2) is 30.9 Å². The minimum absolute atomic E-state index is 0.140. The Morgan fingerprint density at radius 2 is 2.29 bits per heavy atom. The molecule has 0 saturated carbocycles. The van der Waals surface area contributed by atoms with Crippen LogP contribution in [-0.4, -0.2) is 29.1 Å². The summed E-state index contributed by atoms with van der Waals surface area (Å²) in [5.74, 6) is -1.34. The second-order valence-electron chi connectivity index (χ2n) is 3.59. The first kappa shape index (κ1) is 13.7. The maximum atomic E-state index is 13.0. The van der Waals surface area contributed by atoms with Crippen LogP contribution in [0.25, 0.3) is 0 Å². The van der Waals surface area contributed by atoms with Gasteiger partial charge in [0.05, 0.1) is 6.54 Å². The van der Waals surface area contributed by atoms with E-state index in [1.165, 1.54) is 18.2 Å². The molecule has 1 rings (SSSR count). The van der Waals surface area contributed by atoms with Gasteiger partial charge in [0.1, 0.15) is 5.82 Å². The number of carbonyl (C=O) groups is 1. The molecular formula is C12H13ClFNO2. The van der Waals surface area contributed by atoms with E-state index in [9.17, 15) is 9.18 Å². The molecule has 0 heterocycles. The van der Waals surface area contributed by atoms with Crippen LogP contribution in [0.2, 0.25) is 5.02 Å². The Kier molecular flexibility index (Phi) is 5.12. The number of benzene rings is 1. The zero-order valence-electron chi connectivity index (χ0n) is 9.20. The number of aliphatic carboxylic acids is 1. The highest BCUT2D eigenvalue weighted by Gasteiger charge is 2.11. The molecule has 0 spiro atoms. The molecule has 0 bridgehead atoms. The van der Waals surface area contributed by atoms with Crippen LogP contribution >= 0.6 is 11.6 Å². The number of hydrogen-bond donors (Lipinski definition) is 1. The molecule has 5 heteroatoms. The number of carboxylic acids is 1. The average molecular weight is 258 g/mol. The molecule has 0 aliphatic carbocycles. The van der Waals surface area contributed by atoms with Crippen LogP contribution < -0.4 is 0 Å². The molecular weight excluding hydrogens is 245 g/mol. The van der Waals surface area contributed by atoms with Gasteiger partial charge in [-0.05, 0) is 23.8 Å². The van der Waals surface area contributed by atoms with E-state index in [0.29, 0.717) is 17.1 Å². The molecule has 3 nitrogen and oxygen atoms in total. The Morgan fingerprint density at radius 3 is 2.88 bits per heavy atom. The summed E-state index contributed by atoms with van der Waals surface area (Å²) in [7, 11) is 0. The normalized spacial score (nSPS) is 10.5. The van der Waals surface area contributed by atoms with Crippen molar-refractivity contribution in [1.82, 2.24) is 4.90 Å². The monoisotopic (exact) mass is 257 g/mol. The molecule has 0 aliphatic rings. The third-order valence-corrected chi connectivity index (χ3v) is 2.52. The van der Waals surface area contributed by atoms with Crippen molar-refractivity contribution in [2.45, 2.75) is 6.54 Å². The lowest BCUT2D eigenvalue weighted by atomic mass is 10.2. The lowest BCUT2D eigenvalue weighted by Crippen LogP contribution is -2.29. The molecule has 1 aromatic rings. The quantitative estimate of drug-likeness (QED) is 0.797. The van der Waals surface area contributed by atoms with Crippen molar-refractivity contribution in [1.29, 1.82) is 0 Å². The van der Waals surface area contributed by atoms with E-state index < -0.39 is 11.8 Å². The second-order valence-corrected chi connectivity index (χ2v) is 3.99. The third kappa shape index (κ3) is 4.54. The van der Waals surface area contributed by atoms with Crippen LogP contribution in [0.4, 0.5) is 4.39 Å².